The summed E-state index contributed by atoms with van der Waals surface area (Å²) in [6.45, 7) is 0.0727. The van der Waals surface area contributed by atoms with Gasteiger partial charge in [-0.25, -0.2) is 9.36 Å². The van der Waals surface area contributed by atoms with Crippen molar-refractivity contribution < 1.29 is 23.6 Å². The minimum atomic E-state index is -4.49. The predicted molar refractivity (Wildman–Crippen MR) is 67.2 cm³/mol. The van der Waals surface area contributed by atoms with Gasteiger partial charge in [0.2, 0.25) is 0 Å². The summed E-state index contributed by atoms with van der Waals surface area (Å²) in [5.74, 6) is 0. The molecule has 9 nitrogen and oxygen atoms in total. The summed E-state index contributed by atoms with van der Waals surface area (Å²) in [6, 6.07) is 1.24. The maximum atomic E-state index is 11.5. The van der Waals surface area contributed by atoms with Gasteiger partial charge in [0.15, 0.2) is 0 Å². The Morgan fingerprint density at radius 1 is 1.40 bits per heavy atom. The number of rotatable bonds is 5. The minimum Gasteiger partial charge on any atom is -0.371 e. The molecule has 1 saturated heterocycles. The SMILES string of the molecule is O=c1ccn(CC2CCC(COP(=O)(O)O)O2)c(=O)[nH]1. The monoisotopic (exact) mass is 306 g/mol. The molecular weight excluding hydrogens is 291 g/mol. The van der Waals surface area contributed by atoms with Crippen LogP contribution in [-0.2, 0) is 20.4 Å². The normalized spacial score (nSPS) is 23.1. The van der Waals surface area contributed by atoms with Gasteiger partial charge in [-0.05, 0) is 12.8 Å². The van der Waals surface area contributed by atoms with Crippen molar-refractivity contribution in [3.8, 4) is 0 Å². The van der Waals surface area contributed by atoms with Crippen molar-refractivity contribution in [1.82, 2.24) is 9.55 Å². The molecule has 1 aliphatic rings. The maximum Gasteiger partial charge on any atom is 0.469 e. The highest BCUT2D eigenvalue weighted by Gasteiger charge is 2.28. The van der Waals surface area contributed by atoms with E-state index in [0.29, 0.717) is 12.8 Å². The first-order valence-electron chi connectivity index (χ1n) is 5.99. The van der Waals surface area contributed by atoms with Gasteiger partial charge >= 0.3 is 13.5 Å². The molecule has 10 heteroatoms. The zero-order valence-electron chi connectivity index (χ0n) is 10.5. The Kier molecular flexibility index (Phi) is 4.56. The lowest BCUT2D eigenvalue weighted by molar-refractivity contribution is 0.00389. The van der Waals surface area contributed by atoms with Crippen LogP contribution in [0.25, 0.3) is 0 Å². The van der Waals surface area contributed by atoms with Gasteiger partial charge in [-0.2, -0.15) is 0 Å². The van der Waals surface area contributed by atoms with Gasteiger partial charge < -0.3 is 14.5 Å². The number of aromatic amines is 1. The molecule has 3 N–H and O–H groups in total. The summed E-state index contributed by atoms with van der Waals surface area (Å²) >= 11 is 0. The van der Waals surface area contributed by atoms with Gasteiger partial charge in [-0.1, -0.05) is 0 Å². The zero-order chi connectivity index (χ0) is 14.8. The van der Waals surface area contributed by atoms with E-state index in [1.807, 2.05) is 0 Å². The number of H-pyrrole nitrogens is 1. The van der Waals surface area contributed by atoms with Crippen molar-refractivity contribution >= 4 is 7.82 Å². The third-order valence-electron chi connectivity index (χ3n) is 2.92. The number of nitrogens with zero attached hydrogens (tertiary/aromatic N) is 1. The molecule has 0 amide bonds. The highest BCUT2D eigenvalue weighted by molar-refractivity contribution is 7.46. The van der Waals surface area contributed by atoms with Crippen molar-refractivity contribution in [2.45, 2.75) is 31.6 Å². The number of phosphoric ester groups is 1. The molecule has 0 aliphatic carbocycles. The third-order valence-corrected chi connectivity index (χ3v) is 3.41. The number of hydrogen-bond donors (Lipinski definition) is 3. The summed E-state index contributed by atoms with van der Waals surface area (Å²) < 4.78 is 21.8. The lowest BCUT2D eigenvalue weighted by atomic mass is 10.2. The molecule has 2 heterocycles. The Balaban J connectivity index is 1.88. The second-order valence-electron chi connectivity index (χ2n) is 4.51. The van der Waals surface area contributed by atoms with Gasteiger partial charge in [0, 0.05) is 12.3 Å². The molecule has 1 aromatic heterocycles. The van der Waals surface area contributed by atoms with Crippen LogP contribution in [0.15, 0.2) is 21.9 Å². The number of ether oxygens (including phenoxy) is 1. The van der Waals surface area contributed by atoms with Crippen molar-refractivity contribution in [2.75, 3.05) is 6.61 Å². The van der Waals surface area contributed by atoms with Gasteiger partial charge in [0.1, 0.15) is 0 Å². The van der Waals surface area contributed by atoms with E-state index in [1.165, 1.54) is 16.8 Å². The number of aromatic nitrogens is 2. The fourth-order valence-electron chi connectivity index (χ4n) is 2.02. The average molecular weight is 306 g/mol. The summed E-state index contributed by atoms with van der Waals surface area (Å²) in [5.41, 5.74) is -0.984. The van der Waals surface area contributed by atoms with Crippen LogP contribution in [0.2, 0.25) is 0 Å². The molecule has 1 aromatic rings. The lowest BCUT2D eigenvalue weighted by Crippen LogP contribution is -2.32. The second-order valence-corrected chi connectivity index (χ2v) is 5.75. The molecule has 112 valence electrons. The molecule has 1 fully saturated rings. The summed E-state index contributed by atoms with van der Waals surface area (Å²) in [5, 5.41) is 0. The zero-order valence-corrected chi connectivity index (χ0v) is 11.4. The summed E-state index contributed by atoms with van der Waals surface area (Å²) in [7, 11) is -4.49. The van der Waals surface area contributed by atoms with E-state index < -0.39 is 25.2 Å². The minimum absolute atomic E-state index is 0.193. The van der Waals surface area contributed by atoms with E-state index in [1.54, 1.807) is 0 Å². The molecule has 20 heavy (non-hydrogen) atoms. The van der Waals surface area contributed by atoms with Crippen LogP contribution < -0.4 is 11.2 Å². The van der Waals surface area contributed by atoms with Crippen LogP contribution in [0.3, 0.4) is 0 Å². The molecule has 1 aliphatic heterocycles. The van der Waals surface area contributed by atoms with Crippen LogP contribution in [0, 0.1) is 0 Å². The molecule has 0 radical (unpaired) electrons. The van der Waals surface area contributed by atoms with Crippen molar-refractivity contribution in [2.24, 2.45) is 0 Å². The average Bonchev–Trinajstić information content (AvgIpc) is 2.77. The molecule has 0 bridgehead atoms. The van der Waals surface area contributed by atoms with Crippen LogP contribution in [0.5, 0.6) is 0 Å². The highest BCUT2D eigenvalue weighted by atomic mass is 31.2. The highest BCUT2D eigenvalue weighted by Crippen LogP contribution is 2.37. The van der Waals surface area contributed by atoms with Crippen LogP contribution in [0.4, 0.5) is 0 Å². The van der Waals surface area contributed by atoms with Crippen LogP contribution in [-0.4, -0.2) is 38.2 Å². The van der Waals surface area contributed by atoms with Gasteiger partial charge in [-0.15, -0.1) is 0 Å². The molecule has 2 unspecified atom stereocenters. The molecule has 2 rings (SSSR count). The summed E-state index contributed by atoms with van der Waals surface area (Å²) in [4.78, 5) is 41.7. The fourth-order valence-corrected chi connectivity index (χ4v) is 2.39. The number of nitrogens with one attached hydrogen (secondary N) is 1. The van der Waals surface area contributed by atoms with Crippen molar-refractivity contribution in [1.29, 1.82) is 0 Å². The first-order chi connectivity index (χ1) is 9.33. The van der Waals surface area contributed by atoms with E-state index in [-0.39, 0.29) is 19.3 Å². The first kappa shape index (κ1) is 15.1. The van der Waals surface area contributed by atoms with E-state index in [0.717, 1.165) is 0 Å². The molecular formula is C10H15N2O7P. The second kappa shape index (κ2) is 6.02. The van der Waals surface area contributed by atoms with E-state index >= 15 is 0 Å². The Morgan fingerprint density at radius 2 is 2.10 bits per heavy atom. The van der Waals surface area contributed by atoms with E-state index in [2.05, 4.69) is 9.51 Å². The predicted octanol–water partition coefficient (Wildman–Crippen LogP) is -0.807. The van der Waals surface area contributed by atoms with Crippen LogP contribution in [0.1, 0.15) is 12.8 Å². The Labute approximate surface area is 113 Å². The van der Waals surface area contributed by atoms with Gasteiger partial charge in [0.05, 0.1) is 25.4 Å². The molecule has 2 atom stereocenters. The Hall–Kier alpha value is -1.25. The standard InChI is InChI=1S/C10H15N2O7P/c13-9-3-4-12(10(14)11-9)5-7-1-2-8(19-7)6-18-20(15,16)17/h3-4,7-8H,1-2,5-6H2,(H,11,13,14)(H2,15,16,17). The molecule has 0 aromatic carbocycles. The van der Waals surface area contributed by atoms with Crippen molar-refractivity contribution in [3.05, 3.63) is 33.1 Å². The number of hydrogen-bond acceptors (Lipinski definition) is 5. The topological polar surface area (TPSA) is 131 Å². The van der Waals surface area contributed by atoms with Crippen molar-refractivity contribution in [3.63, 3.8) is 0 Å². The lowest BCUT2D eigenvalue weighted by Gasteiger charge is -2.15. The quantitative estimate of drug-likeness (QED) is 0.606. The largest absolute Gasteiger partial charge is 0.469 e. The number of phosphoric acid groups is 1. The fraction of sp³-hybridized carbons (Fsp3) is 0.600. The maximum absolute atomic E-state index is 11.5. The summed E-state index contributed by atoms with van der Waals surface area (Å²) in [6.07, 6.45) is 1.93. The third kappa shape index (κ3) is 4.39. The Morgan fingerprint density at radius 3 is 2.75 bits per heavy atom. The van der Waals surface area contributed by atoms with Crippen LogP contribution >= 0.6 is 7.82 Å². The van der Waals surface area contributed by atoms with E-state index in [4.69, 9.17) is 14.5 Å². The van der Waals surface area contributed by atoms with E-state index in [9.17, 15) is 14.2 Å². The molecule has 0 spiro atoms. The molecule has 0 saturated carbocycles. The van der Waals surface area contributed by atoms with Gasteiger partial charge in [0.25, 0.3) is 5.56 Å². The van der Waals surface area contributed by atoms with Gasteiger partial charge in [-0.3, -0.25) is 18.9 Å². The smallest absolute Gasteiger partial charge is 0.371 e. The first-order valence-corrected chi connectivity index (χ1v) is 7.52. The Bertz CT molecular complexity index is 619.